The highest BCUT2D eigenvalue weighted by atomic mass is 16.5. The van der Waals surface area contributed by atoms with E-state index < -0.39 is 0 Å². The lowest BCUT2D eigenvalue weighted by molar-refractivity contribution is 0.243. The molecule has 3 aromatic carbocycles. The van der Waals surface area contributed by atoms with Gasteiger partial charge in [-0.05, 0) is 52.6 Å². The Morgan fingerprint density at radius 1 is 0.862 bits per heavy atom. The zero-order valence-electron chi connectivity index (χ0n) is 17.6. The molecule has 1 aliphatic rings. The first kappa shape index (κ1) is 19.7. The Morgan fingerprint density at radius 3 is 2.34 bits per heavy atom. The largest absolute Gasteiger partial charge is 0.494 e. The van der Waals surface area contributed by atoms with Crippen LogP contribution < -0.4 is 4.74 Å². The molecule has 0 saturated heterocycles. The monoisotopic (exact) mass is 385 g/mol. The molecule has 1 aliphatic heterocycles. The van der Waals surface area contributed by atoms with E-state index in [0.29, 0.717) is 0 Å². The molecule has 0 radical (unpaired) electrons. The molecule has 0 bridgehead atoms. The predicted molar refractivity (Wildman–Crippen MR) is 120 cm³/mol. The van der Waals surface area contributed by atoms with Crippen molar-refractivity contribution in [1.82, 2.24) is 4.90 Å². The van der Waals surface area contributed by atoms with Gasteiger partial charge in [0.15, 0.2) is 0 Å². The molecule has 0 unspecified atom stereocenters. The molecule has 0 aromatic heterocycles. The number of fused-ring (bicyclic) bond motifs is 1. The van der Waals surface area contributed by atoms with Crippen molar-refractivity contribution in [3.8, 4) is 5.75 Å². The van der Waals surface area contributed by atoms with Crippen LogP contribution in [-0.2, 0) is 24.9 Å². The molecular weight excluding hydrogens is 354 g/mol. The lowest BCUT2D eigenvalue weighted by Gasteiger charge is -2.29. The summed E-state index contributed by atoms with van der Waals surface area (Å²) in [6.45, 7) is 8.44. The van der Waals surface area contributed by atoms with E-state index in [9.17, 15) is 0 Å². The maximum Gasteiger partial charge on any atom is 0.119 e. The molecule has 0 fully saturated rings. The lowest BCUT2D eigenvalue weighted by Crippen LogP contribution is -2.30. The van der Waals surface area contributed by atoms with Gasteiger partial charge in [0.1, 0.15) is 5.75 Å². The number of hydrogen-bond donors (Lipinski definition) is 0. The van der Waals surface area contributed by atoms with E-state index in [1.54, 1.807) is 0 Å². The molecule has 1 heterocycles. The molecule has 0 amide bonds. The summed E-state index contributed by atoms with van der Waals surface area (Å²) < 4.78 is 6.16. The predicted octanol–water partition coefficient (Wildman–Crippen LogP) is 5.99. The Kier molecular flexibility index (Phi) is 6.01. The molecule has 0 N–H and O–H groups in total. The highest BCUT2D eigenvalue weighted by molar-refractivity contribution is 5.37. The van der Waals surface area contributed by atoms with Gasteiger partial charge >= 0.3 is 0 Å². The SMILES string of the molecule is CC(C)(CCOc1ccc2c(c1)CN(Cc1ccccc1)CC2)c1ccccc1. The van der Waals surface area contributed by atoms with Crippen LogP contribution in [0.25, 0.3) is 0 Å². The minimum absolute atomic E-state index is 0.113. The zero-order valence-corrected chi connectivity index (χ0v) is 17.6. The maximum absolute atomic E-state index is 6.16. The number of rotatable bonds is 7. The first-order chi connectivity index (χ1) is 14.1. The van der Waals surface area contributed by atoms with Crippen molar-refractivity contribution >= 4 is 0 Å². The topological polar surface area (TPSA) is 12.5 Å². The van der Waals surface area contributed by atoms with Crippen molar-refractivity contribution in [1.29, 1.82) is 0 Å². The zero-order chi connectivity index (χ0) is 20.1. The molecule has 2 heteroatoms. The van der Waals surface area contributed by atoms with Crippen molar-refractivity contribution in [3.05, 3.63) is 101 Å². The molecule has 0 atom stereocenters. The second-order valence-electron chi connectivity index (χ2n) is 8.73. The molecule has 29 heavy (non-hydrogen) atoms. The fourth-order valence-corrected chi connectivity index (χ4v) is 4.12. The van der Waals surface area contributed by atoms with Crippen molar-refractivity contribution in [2.75, 3.05) is 13.2 Å². The van der Waals surface area contributed by atoms with Gasteiger partial charge in [0.25, 0.3) is 0 Å². The Bertz CT molecular complexity index is 918. The van der Waals surface area contributed by atoms with Gasteiger partial charge in [-0.3, -0.25) is 4.90 Å². The third-order valence-corrected chi connectivity index (χ3v) is 6.07. The number of benzene rings is 3. The Hall–Kier alpha value is -2.58. The summed E-state index contributed by atoms with van der Waals surface area (Å²) in [5.41, 5.74) is 5.73. The number of hydrogen-bond acceptors (Lipinski definition) is 2. The van der Waals surface area contributed by atoms with Crippen LogP contribution in [0, 0.1) is 0 Å². The van der Waals surface area contributed by atoms with Crippen LogP contribution in [0.4, 0.5) is 0 Å². The van der Waals surface area contributed by atoms with Crippen LogP contribution in [0.5, 0.6) is 5.75 Å². The van der Waals surface area contributed by atoms with Gasteiger partial charge in [-0.15, -0.1) is 0 Å². The molecule has 2 nitrogen and oxygen atoms in total. The molecule has 150 valence electrons. The van der Waals surface area contributed by atoms with Gasteiger partial charge in [-0.1, -0.05) is 80.6 Å². The summed E-state index contributed by atoms with van der Waals surface area (Å²) in [6, 6.07) is 28.1. The summed E-state index contributed by atoms with van der Waals surface area (Å²) >= 11 is 0. The molecule has 0 saturated carbocycles. The molecule has 0 spiro atoms. The Labute approximate surface area is 175 Å². The Morgan fingerprint density at radius 2 is 1.59 bits per heavy atom. The van der Waals surface area contributed by atoms with Gasteiger partial charge in [0.2, 0.25) is 0 Å². The highest BCUT2D eigenvalue weighted by Gasteiger charge is 2.21. The van der Waals surface area contributed by atoms with Gasteiger partial charge < -0.3 is 4.74 Å². The van der Waals surface area contributed by atoms with Crippen molar-refractivity contribution in [3.63, 3.8) is 0 Å². The van der Waals surface area contributed by atoms with E-state index in [4.69, 9.17) is 4.74 Å². The van der Waals surface area contributed by atoms with Crippen molar-refractivity contribution in [2.45, 2.75) is 45.2 Å². The van der Waals surface area contributed by atoms with Gasteiger partial charge in [-0.2, -0.15) is 0 Å². The van der Waals surface area contributed by atoms with E-state index in [1.165, 1.54) is 22.3 Å². The average molecular weight is 386 g/mol. The smallest absolute Gasteiger partial charge is 0.119 e. The van der Waals surface area contributed by atoms with Crippen LogP contribution in [-0.4, -0.2) is 18.1 Å². The summed E-state index contributed by atoms with van der Waals surface area (Å²) in [5.74, 6) is 0.995. The second kappa shape index (κ2) is 8.84. The second-order valence-corrected chi connectivity index (χ2v) is 8.73. The summed E-state index contributed by atoms with van der Waals surface area (Å²) in [4.78, 5) is 2.53. The Balaban J connectivity index is 1.35. The van der Waals surface area contributed by atoms with E-state index in [1.807, 2.05) is 0 Å². The van der Waals surface area contributed by atoms with Crippen molar-refractivity contribution in [2.24, 2.45) is 0 Å². The van der Waals surface area contributed by atoms with Gasteiger partial charge in [0, 0.05) is 19.6 Å². The van der Waals surface area contributed by atoms with Gasteiger partial charge in [0.05, 0.1) is 6.61 Å². The summed E-state index contributed by atoms with van der Waals surface area (Å²) in [6.07, 6.45) is 2.11. The van der Waals surface area contributed by atoms with E-state index in [0.717, 1.165) is 44.8 Å². The summed E-state index contributed by atoms with van der Waals surface area (Å²) in [5, 5.41) is 0. The molecule has 3 aromatic rings. The fourth-order valence-electron chi connectivity index (χ4n) is 4.12. The van der Waals surface area contributed by atoms with Crippen LogP contribution in [0.15, 0.2) is 78.9 Å². The van der Waals surface area contributed by atoms with Crippen LogP contribution in [0.3, 0.4) is 0 Å². The molecular formula is C27H31NO. The van der Waals surface area contributed by atoms with Gasteiger partial charge in [-0.25, -0.2) is 0 Å². The summed E-state index contributed by atoms with van der Waals surface area (Å²) in [7, 11) is 0. The average Bonchev–Trinajstić information content (AvgIpc) is 2.75. The lowest BCUT2D eigenvalue weighted by atomic mass is 9.82. The minimum Gasteiger partial charge on any atom is -0.494 e. The first-order valence-corrected chi connectivity index (χ1v) is 10.7. The van der Waals surface area contributed by atoms with E-state index in [2.05, 4.69) is 97.6 Å². The normalized spacial score (nSPS) is 14.4. The van der Waals surface area contributed by atoms with E-state index in [-0.39, 0.29) is 5.41 Å². The number of nitrogens with zero attached hydrogens (tertiary/aromatic N) is 1. The third kappa shape index (κ3) is 5.07. The minimum atomic E-state index is 0.113. The molecule has 0 aliphatic carbocycles. The van der Waals surface area contributed by atoms with Crippen LogP contribution in [0.2, 0.25) is 0 Å². The third-order valence-electron chi connectivity index (χ3n) is 6.07. The van der Waals surface area contributed by atoms with Crippen molar-refractivity contribution < 1.29 is 4.74 Å². The fraction of sp³-hybridized carbons (Fsp3) is 0.333. The first-order valence-electron chi connectivity index (χ1n) is 10.7. The van der Waals surface area contributed by atoms with Crippen LogP contribution in [0.1, 0.15) is 42.5 Å². The standard InChI is InChI=1S/C27H31NO/c1-27(2,25-11-7-4-8-12-25)16-18-29-26-14-13-23-15-17-28(21-24(23)19-26)20-22-9-5-3-6-10-22/h3-14,19H,15-18,20-21H2,1-2H3. The maximum atomic E-state index is 6.16. The number of ether oxygens (including phenoxy) is 1. The quantitative estimate of drug-likeness (QED) is 0.495. The molecule has 4 rings (SSSR count). The van der Waals surface area contributed by atoms with E-state index >= 15 is 0 Å². The van der Waals surface area contributed by atoms with Crippen LogP contribution >= 0.6 is 0 Å². The highest BCUT2D eigenvalue weighted by Crippen LogP contribution is 2.28.